The van der Waals surface area contributed by atoms with Crippen LogP contribution in [0.15, 0.2) is 51.4 Å². The van der Waals surface area contributed by atoms with E-state index in [2.05, 4.69) is 4.99 Å². The number of methoxy groups -OCH3 is 1. The topological polar surface area (TPSA) is 126 Å². The molecule has 13 heteroatoms. The van der Waals surface area contributed by atoms with Crippen molar-refractivity contribution < 1.29 is 33.6 Å². The molecule has 1 unspecified atom stereocenters. The van der Waals surface area contributed by atoms with Crippen LogP contribution < -0.4 is 29.1 Å². The van der Waals surface area contributed by atoms with E-state index < -0.39 is 30.1 Å². The number of nitrogens with zero attached hydrogens (tertiary/aromatic N) is 2. The number of benzene rings is 2. The molecule has 2 aromatic carbocycles. The Kier molecular flexibility index (Phi) is 9.42. The minimum absolute atomic E-state index is 0.0219. The van der Waals surface area contributed by atoms with E-state index in [1.807, 2.05) is 6.92 Å². The van der Waals surface area contributed by atoms with Crippen LogP contribution in [0, 0.1) is 0 Å². The molecule has 4 rings (SSSR count). The Morgan fingerprint density at radius 1 is 1.10 bits per heavy atom. The van der Waals surface area contributed by atoms with Crippen molar-refractivity contribution in [3.8, 4) is 17.2 Å². The summed E-state index contributed by atoms with van der Waals surface area (Å²) >= 11 is 13.7. The largest absolute Gasteiger partial charge is 0.493 e. The predicted octanol–water partition coefficient (Wildman–Crippen LogP) is 3.98. The van der Waals surface area contributed by atoms with Crippen LogP contribution in [0.3, 0.4) is 0 Å². The number of rotatable bonds is 10. The van der Waals surface area contributed by atoms with Crippen LogP contribution in [0.5, 0.6) is 17.2 Å². The van der Waals surface area contributed by atoms with Crippen molar-refractivity contribution in [2.24, 2.45) is 4.99 Å². The third-order valence-electron chi connectivity index (χ3n) is 5.98. The van der Waals surface area contributed by atoms with E-state index in [4.69, 9.17) is 47.3 Å². The molecular weight excluding hydrogens is 595 g/mol. The number of halogens is 2. The number of carbonyl (C=O) groups excluding carboxylic acids is 1. The number of esters is 1. The SMILES string of the molecule is CCOC(=O)C1=C(C)N=c2s/c(=C/c3cc(Cl)c(OCC(=O)O)c(Cl)c3)c(=O)n2C1c1ccc(OC)c(OCC)c1. The molecule has 0 fully saturated rings. The molecular formula is C28H26Cl2N2O8S. The summed E-state index contributed by atoms with van der Waals surface area (Å²) in [4.78, 5) is 42.8. The average Bonchev–Trinajstić information content (AvgIpc) is 3.21. The third kappa shape index (κ3) is 6.27. The average molecular weight is 621 g/mol. The Morgan fingerprint density at radius 2 is 1.80 bits per heavy atom. The lowest BCUT2D eigenvalue weighted by Crippen LogP contribution is -2.40. The molecule has 0 spiro atoms. The summed E-state index contributed by atoms with van der Waals surface area (Å²) in [5.41, 5.74) is 1.32. The maximum absolute atomic E-state index is 13.9. The van der Waals surface area contributed by atoms with Crippen molar-refractivity contribution in [3.63, 3.8) is 0 Å². The lowest BCUT2D eigenvalue weighted by atomic mass is 9.95. The number of thiazole rings is 1. The monoisotopic (exact) mass is 620 g/mol. The molecule has 1 aliphatic rings. The molecule has 0 saturated heterocycles. The number of aromatic nitrogens is 1. The molecule has 0 amide bonds. The number of ether oxygens (including phenoxy) is 4. The number of fused-ring (bicyclic) bond motifs is 1. The van der Waals surface area contributed by atoms with Gasteiger partial charge in [-0.2, -0.15) is 0 Å². The van der Waals surface area contributed by atoms with Crippen LogP contribution in [0.4, 0.5) is 0 Å². The Labute approximate surface area is 248 Å². The van der Waals surface area contributed by atoms with Gasteiger partial charge in [-0.3, -0.25) is 9.36 Å². The zero-order valence-electron chi connectivity index (χ0n) is 22.5. The molecule has 0 aliphatic carbocycles. The van der Waals surface area contributed by atoms with Crippen molar-refractivity contribution in [2.45, 2.75) is 26.8 Å². The van der Waals surface area contributed by atoms with Crippen LogP contribution in [-0.2, 0) is 14.3 Å². The molecule has 1 atom stereocenters. The molecule has 0 radical (unpaired) electrons. The molecule has 216 valence electrons. The molecule has 2 heterocycles. The third-order valence-corrected chi connectivity index (χ3v) is 7.52. The highest BCUT2D eigenvalue weighted by molar-refractivity contribution is 7.07. The fourth-order valence-electron chi connectivity index (χ4n) is 4.32. The first kappa shape index (κ1) is 30.2. The maximum Gasteiger partial charge on any atom is 0.341 e. The number of hydrogen-bond acceptors (Lipinski definition) is 9. The highest BCUT2D eigenvalue weighted by Crippen LogP contribution is 2.37. The van der Waals surface area contributed by atoms with E-state index in [1.165, 1.54) is 23.8 Å². The van der Waals surface area contributed by atoms with Gasteiger partial charge in [-0.05, 0) is 62.2 Å². The van der Waals surface area contributed by atoms with Gasteiger partial charge in [0.15, 0.2) is 28.7 Å². The summed E-state index contributed by atoms with van der Waals surface area (Å²) in [6.45, 7) is 5.15. The lowest BCUT2D eigenvalue weighted by molar-refractivity contribution is -0.140. The Morgan fingerprint density at radius 3 is 2.41 bits per heavy atom. The summed E-state index contributed by atoms with van der Waals surface area (Å²) in [5, 5.41) is 9.05. The fraction of sp³-hybridized carbons (Fsp3) is 0.286. The zero-order chi connectivity index (χ0) is 29.8. The smallest absolute Gasteiger partial charge is 0.341 e. The molecule has 3 aromatic rings. The number of carbonyl (C=O) groups is 2. The fourth-order valence-corrected chi connectivity index (χ4v) is 5.98. The first-order valence-corrected chi connectivity index (χ1v) is 14.0. The van der Waals surface area contributed by atoms with E-state index in [9.17, 15) is 14.4 Å². The second-order valence-electron chi connectivity index (χ2n) is 8.64. The van der Waals surface area contributed by atoms with Crippen LogP contribution in [0.25, 0.3) is 6.08 Å². The molecule has 41 heavy (non-hydrogen) atoms. The van der Waals surface area contributed by atoms with Crippen molar-refractivity contribution in [3.05, 3.63) is 82.5 Å². The molecule has 0 saturated carbocycles. The molecule has 0 bridgehead atoms. The zero-order valence-corrected chi connectivity index (χ0v) is 24.9. The summed E-state index contributed by atoms with van der Waals surface area (Å²) in [5.74, 6) is -0.779. The van der Waals surface area contributed by atoms with Gasteiger partial charge in [0.25, 0.3) is 5.56 Å². The van der Waals surface area contributed by atoms with Crippen molar-refractivity contribution >= 4 is 52.6 Å². The van der Waals surface area contributed by atoms with E-state index in [0.29, 0.717) is 44.3 Å². The van der Waals surface area contributed by atoms with Gasteiger partial charge in [-0.25, -0.2) is 14.6 Å². The number of allylic oxidation sites excluding steroid dienone is 1. The highest BCUT2D eigenvalue weighted by atomic mass is 35.5. The number of aliphatic carboxylic acids is 1. The van der Waals surface area contributed by atoms with Crippen molar-refractivity contribution in [1.82, 2.24) is 4.57 Å². The summed E-state index contributed by atoms with van der Waals surface area (Å²) < 4.78 is 23.4. The Hall–Kier alpha value is -3.80. The second kappa shape index (κ2) is 12.8. The number of hydrogen-bond donors (Lipinski definition) is 1. The Bertz CT molecular complexity index is 1700. The van der Waals surface area contributed by atoms with Gasteiger partial charge in [0.2, 0.25) is 0 Å². The highest BCUT2D eigenvalue weighted by Gasteiger charge is 2.34. The maximum atomic E-state index is 13.9. The normalized spacial score (nSPS) is 14.8. The number of carboxylic acids is 1. The number of carboxylic acid groups (broad SMARTS) is 1. The lowest BCUT2D eigenvalue weighted by Gasteiger charge is -2.25. The summed E-state index contributed by atoms with van der Waals surface area (Å²) in [6, 6.07) is 7.37. The van der Waals surface area contributed by atoms with Gasteiger partial charge < -0.3 is 24.1 Å². The van der Waals surface area contributed by atoms with Crippen LogP contribution in [0.1, 0.15) is 37.9 Å². The van der Waals surface area contributed by atoms with E-state index in [0.717, 1.165) is 11.3 Å². The van der Waals surface area contributed by atoms with Gasteiger partial charge in [0.05, 0.1) is 52.2 Å². The van der Waals surface area contributed by atoms with E-state index in [-0.39, 0.29) is 28.0 Å². The Balaban J connectivity index is 1.90. The van der Waals surface area contributed by atoms with Gasteiger partial charge in [0.1, 0.15) is 0 Å². The van der Waals surface area contributed by atoms with Crippen LogP contribution >= 0.6 is 34.5 Å². The van der Waals surface area contributed by atoms with Crippen LogP contribution in [0.2, 0.25) is 10.0 Å². The van der Waals surface area contributed by atoms with Crippen LogP contribution in [-0.4, -0.2) is 48.5 Å². The molecule has 1 aliphatic heterocycles. The minimum atomic E-state index is -1.18. The standard InChI is InChI=1S/C28H26Cl2N2O8S/c1-5-38-20-12-16(7-8-19(20)37-4)24-23(27(36)39-6-2)14(3)31-28-32(24)26(35)21(41-28)11-15-9-17(29)25(18(30)10-15)40-13-22(33)34/h7-12,24H,5-6,13H2,1-4H3,(H,33,34)/b21-11+. The van der Waals surface area contributed by atoms with Gasteiger partial charge in [0, 0.05) is 0 Å². The van der Waals surface area contributed by atoms with Gasteiger partial charge in [-0.15, -0.1) is 0 Å². The van der Waals surface area contributed by atoms with Crippen molar-refractivity contribution in [2.75, 3.05) is 26.9 Å². The first-order valence-electron chi connectivity index (χ1n) is 12.4. The summed E-state index contributed by atoms with van der Waals surface area (Å²) in [7, 11) is 1.53. The first-order chi connectivity index (χ1) is 19.6. The van der Waals surface area contributed by atoms with E-state index >= 15 is 0 Å². The van der Waals surface area contributed by atoms with Crippen molar-refractivity contribution in [1.29, 1.82) is 0 Å². The van der Waals surface area contributed by atoms with Gasteiger partial charge >= 0.3 is 11.9 Å². The molecule has 1 N–H and O–H groups in total. The summed E-state index contributed by atoms with van der Waals surface area (Å²) in [6.07, 6.45) is 1.59. The predicted molar refractivity (Wildman–Crippen MR) is 154 cm³/mol. The van der Waals surface area contributed by atoms with E-state index in [1.54, 1.807) is 38.1 Å². The van der Waals surface area contributed by atoms with Gasteiger partial charge in [-0.1, -0.05) is 40.6 Å². The molecule has 1 aromatic heterocycles. The molecule has 10 nitrogen and oxygen atoms in total. The quantitative estimate of drug-likeness (QED) is 0.337. The second-order valence-corrected chi connectivity index (χ2v) is 10.5. The minimum Gasteiger partial charge on any atom is -0.493 e.